The van der Waals surface area contributed by atoms with Gasteiger partial charge in [-0.25, -0.2) is 4.39 Å². The van der Waals surface area contributed by atoms with E-state index in [0.29, 0.717) is 5.69 Å². The highest BCUT2D eigenvalue weighted by molar-refractivity contribution is 9.10. The number of anilines is 2. The van der Waals surface area contributed by atoms with Gasteiger partial charge in [-0.1, -0.05) is 15.9 Å². The monoisotopic (exact) mass is 381 g/mol. The molecular weight excluding hydrogens is 369 g/mol. The predicted molar refractivity (Wildman–Crippen MR) is 89.1 cm³/mol. The van der Waals surface area contributed by atoms with Crippen LogP contribution in [0.3, 0.4) is 0 Å². The van der Waals surface area contributed by atoms with E-state index in [1.807, 2.05) is 13.0 Å². The lowest BCUT2D eigenvalue weighted by molar-refractivity contribution is -0.384. The Kier molecular flexibility index (Phi) is 5.28. The summed E-state index contributed by atoms with van der Waals surface area (Å²) >= 11 is 3.33. The average molecular weight is 382 g/mol. The van der Waals surface area contributed by atoms with Crippen LogP contribution in [-0.2, 0) is 4.79 Å². The predicted octanol–water partition coefficient (Wildman–Crippen LogP) is 3.86. The van der Waals surface area contributed by atoms with Gasteiger partial charge in [-0.2, -0.15) is 0 Å². The summed E-state index contributed by atoms with van der Waals surface area (Å²) in [5.41, 5.74) is 1.19. The number of rotatable bonds is 5. The van der Waals surface area contributed by atoms with Crippen molar-refractivity contribution in [3.05, 3.63) is 62.4 Å². The Hall–Kier alpha value is -2.48. The molecule has 0 spiro atoms. The number of halogens is 2. The summed E-state index contributed by atoms with van der Waals surface area (Å²) in [6.07, 6.45) is 0. The maximum atomic E-state index is 13.1. The molecule has 0 atom stereocenters. The number of aryl methyl sites for hydroxylation is 1. The van der Waals surface area contributed by atoms with Gasteiger partial charge in [0.15, 0.2) is 0 Å². The number of carbonyl (C=O) groups is 1. The summed E-state index contributed by atoms with van der Waals surface area (Å²) < 4.78 is 14.0. The molecule has 0 bridgehead atoms. The molecule has 2 rings (SSSR count). The molecule has 0 saturated carbocycles. The highest BCUT2D eigenvalue weighted by Gasteiger charge is 2.15. The van der Waals surface area contributed by atoms with E-state index in [1.54, 1.807) is 12.1 Å². The third-order valence-corrected chi connectivity index (χ3v) is 3.55. The minimum Gasteiger partial charge on any atom is -0.371 e. The van der Waals surface area contributed by atoms with Gasteiger partial charge in [0.05, 0.1) is 17.5 Å². The zero-order chi connectivity index (χ0) is 17.0. The van der Waals surface area contributed by atoms with Crippen LogP contribution in [0, 0.1) is 22.9 Å². The van der Waals surface area contributed by atoms with Gasteiger partial charge in [0.1, 0.15) is 11.5 Å². The summed E-state index contributed by atoms with van der Waals surface area (Å²) in [4.78, 5) is 22.1. The molecule has 0 aliphatic rings. The van der Waals surface area contributed by atoms with Gasteiger partial charge in [0, 0.05) is 10.2 Å². The Balaban J connectivity index is 2.03. The van der Waals surface area contributed by atoms with Gasteiger partial charge in [0.2, 0.25) is 5.91 Å². The molecule has 0 radical (unpaired) electrons. The normalized spacial score (nSPS) is 10.2. The van der Waals surface area contributed by atoms with Crippen LogP contribution in [0.25, 0.3) is 0 Å². The third-order valence-electron chi connectivity index (χ3n) is 3.06. The van der Waals surface area contributed by atoms with E-state index in [2.05, 4.69) is 26.6 Å². The second-order valence-corrected chi connectivity index (χ2v) is 5.70. The maximum Gasteiger partial charge on any atom is 0.295 e. The van der Waals surface area contributed by atoms with Crippen LogP contribution in [0.2, 0.25) is 0 Å². The van der Waals surface area contributed by atoms with Crippen molar-refractivity contribution in [3.63, 3.8) is 0 Å². The zero-order valence-corrected chi connectivity index (χ0v) is 13.7. The third kappa shape index (κ3) is 4.49. The number of amides is 1. The molecule has 2 N–H and O–H groups in total. The van der Waals surface area contributed by atoms with E-state index in [9.17, 15) is 19.3 Å². The lowest BCUT2D eigenvalue weighted by Crippen LogP contribution is -2.22. The van der Waals surface area contributed by atoms with Crippen LogP contribution < -0.4 is 10.6 Å². The largest absolute Gasteiger partial charge is 0.371 e. The Morgan fingerprint density at radius 1 is 1.26 bits per heavy atom. The second kappa shape index (κ2) is 7.19. The first-order valence-electron chi connectivity index (χ1n) is 6.60. The fourth-order valence-corrected chi connectivity index (χ4v) is 2.42. The van der Waals surface area contributed by atoms with E-state index >= 15 is 0 Å². The molecule has 0 aliphatic carbocycles. The van der Waals surface area contributed by atoms with Crippen LogP contribution in [0.1, 0.15) is 5.56 Å². The smallest absolute Gasteiger partial charge is 0.295 e. The van der Waals surface area contributed by atoms with E-state index in [4.69, 9.17) is 0 Å². The van der Waals surface area contributed by atoms with Gasteiger partial charge in [0.25, 0.3) is 5.69 Å². The molecule has 120 valence electrons. The Bertz CT molecular complexity index is 768. The first-order chi connectivity index (χ1) is 10.9. The van der Waals surface area contributed by atoms with Crippen LogP contribution in [0.4, 0.5) is 21.5 Å². The van der Waals surface area contributed by atoms with Crippen molar-refractivity contribution in [2.45, 2.75) is 6.92 Å². The highest BCUT2D eigenvalue weighted by Crippen LogP contribution is 2.25. The van der Waals surface area contributed by atoms with E-state index in [0.717, 1.165) is 22.2 Å². The van der Waals surface area contributed by atoms with Crippen molar-refractivity contribution in [2.24, 2.45) is 0 Å². The van der Waals surface area contributed by atoms with Gasteiger partial charge >= 0.3 is 0 Å². The lowest BCUT2D eigenvalue weighted by Gasteiger charge is -2.10. The topological polar surface area (TPSA) is 84.3 Å². The molecule has 2 aromatic rings. The van der Waals surface area contributed by atoms with Crippen LogP contribution in [0.5, 0.6) is 0 Å². The summed E-state index contributed by atoms with van der Waals surface area (Å²) in [6.45, 7) is 1.67. The van der Waals surface area contributed by atoms with Gasteiger partial charge < -0.3 is 10.6 Å². The fraction of sp³-hybridized carbons (Fsp3) is 0.133. The number of nitrogens with one attached hydrogen (secondary N) is 2. The number of nitro benzene ring substituents is 1. The van der Waals surface area contributed by atoms with E-state index in [-0.39, 0.29) is 18.1 Å². The fourth-order valence-electron chi connectivity index (χ4n) is 1.94. The van der Waals surface area contributed by atoms with Crippen LogP contribution in [-0.4, -0.2) is 17.4 Å². The molecule has 8 heteroatoms. The standard InChI is InChI=1S/C15H13BrFN3O3/c1-9-6-10(16)2-4-12(9)19-15(21)8-18-13-5-3-11(17)7-14(13)20(22)23/h2-7,18H,8H2,1H3,(H,19,21). The molecule has 1 amide bonds. The van der Waals surface area contributed by atoms with Crippen molar-refractivity contribution in [2.75, 3.05) is 17.2 Å². The Labute approximate surface area is 140 Å². The van der Waals surface area contributed by atoms with Crippen LogP contribution in [0.15, 0.2) is 40.9 Å². The molecule has 0 aromatic heterocycles. The van der Waals surface area contributed by atoms with Crippen molar-refractivity contribution in [1.29, 1.82) is 0 Å². The molecule has 6 nitrogen and oxygen atoms in total. The average Bonchev–Trinajstić information content (AvgIpc) is 2.48. The van der Waals surface area contributed by atoms with Crippen molar-refractivity contribution in [3.8, 4) is 0 Å². The molecule has 2 aromatic carbocycles. The maximum absolute atomic E-state index is 13.1. The van der Waals surface area contributed by atoms with E-state index < -0.39 is 16.4 Å². The van der Waals surface area contributed by atoms with Crippen molar-refractivity contribution >= 4 is 38.9 Å². The summed E-state index contributed by atoms with van der Waals surface area (Å²) in [6, 6.07) is 8.52. The molecule has 0 heterocycles. The number of hydrogen-bond acceptors (Lipinski definition) is 4. The summed E-state index contributed by atoms with van der Waals surface area (Å²) in [5, 5.41) is 16.2. The summed E-state index contributed by atoms with van der Waals surface area (Å²) in [7, 11) is 0. The summed E-state index contributed by atoms with van der Waals surface area (Å²) in [5.74, 6) is -1.08. The van der Waals surface area contributed by atoms with Crippen molar-refractivity contribution in [1.82, 2.24) is 0 Å². The molecular formula is C15H13BrFN3O3. The first-order valence-corrected chi connectivity index (χ1v) is 7.40. The number of benzene rings is 2. The molecule has 0 saturated heterocycles. The Morgan fingerprint density at radius 2 is 1.96 bits per heavy atom. The highest BCUT2D eigenvalue weighted by atomic mass is 79.9. The van der Waals surface area contributed by atoms with Gasteiger partial charge in [-0.05, 0) is 42.8 Å². The second-order valence-electron chi connectivity index (χ2n) is 4.78. The number of nitrogens with zero attached hydrogens (tertiary/aromatic N) is 1. The van der Waals surface area contributed by atoms with Gasteiger partial charge in [-0.3, -0.25) is 14.9 Å². The Morgan fingerprint density at radius 3 is 2.61 bits per heavy atom. The molecule has 0 fully saturated rings. The molecule has 23 heavy (non-hydrogen) atoms. The van der Waals surface area contributed by atoms with E-state index in [1.165, 1.54) is 6.07 Å². The van der Waals surface area contributed by atoms with Crippen molar-refractivity contribution < 1.29 is 14.1 Å². The minimum atomic E-state index is -0.711. The first kappa shape index (κ1) is 16.9. The number of hydrogen-bond donors (Lipinski definition) is 2. The number of carbonyl (C=O) groups excluding carboxylic acids is 1. The SMILES string of the molecule is Cc1cc(Br)ccc1NC(=O)CNc1ccc(F)cc1[N+](=O)[O-]. The number of nitro groups is 1. The zero-order valence-electron chi connectivity index (χ0n) is 12.1. The minimum absolute atomic E-state index is 0.0825. The van der Waals surface area contributed by atoms with Gasteiger partial charge in [-0.15, -0.1) is 0 Å². The molecule has 0 aliphatic heterocycles. The lowest BCUT2D eigenvalue weighted by atomic mass is 10.2. The molecule has 0 unspecified atom stereocenters. The quantitative estimate of drug-likeness (QED) is 0.608. The van der Waals surface area contributed by atoms with Crippen LogP contribution >= 0.6 is 15.9 Å².